The highest BCUT2D eigenvalue weighted by Crippen LogP contribution is 2.55. The lowest BCUT2D eigenvalue weighted by atomic mass is 9.96. The maximum absolute atomic E-state index is 14.1. The van der Waals surface area contributed by atoms with Gasteiger partial charge in [-0.2, -0.15) is 0 Å². The summed E-state index contributed by atoms with van der Waals surface area (Å²) >= 11 is 0. The molecule has 0 spiro atoms. The molecule has 1 amide bonds. The van der Waals surface area contributed by atoms with Crippen molar-refractivity contribution in [1.29, 1.82) is 0 Å². The van der Waals surface area contributed by atoms with Crippen LogP contribution in [0, 0.1) is 0 Å². The third kappa shape index (κ3) is 4.11. The number of carbonyl (C=O) groups excluding carboxylic acids is 1. The van der Waals surface area contributed by atoms with Crippen molar-refractivity contribution >= 4 is 33.1 Å². The Morgan fingerprint density at radius 1 is 0.650 bits per heavy atom. The fourth-order valence-corrected chi connectivity index (χ4v) is 5.43. The van der Waals surface area contributed by atoms with E-state index in [1.807, 2.05) is 78.9 Å². The van der Waals surface area contributed by atoms with Crippen LogP contribution < -0.4 is 28.6 Å². The SMILES string of the molecule is COc1ccc(CN2C(=O)c3c(OC)c(OC)c(OC)c4c3c2cc2ccc(OCc3ccccc3)cc24)cc1. The summed E-state index contributed by atoms with van der Waals surface area (Å²) in [5, 5.41) is 3.38. The number of amides is 1. The van der Waals surface area contributed by atoms with Gasteiger partial charge in [0.15, 0.2) is 11.5 Å². The number of fused-ring (bicyclic) bond motifs is 2. The van der Waals surface area contributed by atoms with Gasteiger partial charge in [-0.15, -0.1) is 0 Å². The lowest BCUT2D eigenvalue weighted by Crippen LogP contribution is -2.26. The summed E-state index contributed by atoms with van der Waals surface area (Å²) in [6.07, 6.45) is 0. The second kappa shape index (κ2) is 10.3. The molecule has 5 aromatic carbocycles. The summed E-state index contributed by atoms with van der Waals surface area (Å²) in [5.74, 6) is 2.54. The molecule has 0 radical (unpaired) electrons. The van der Waals surface area contributed by atoms with Gasteiger partial charge in [-0.05, 0) is 52.2 Å². The molecule has 0 fully saturated rings. The van der Waals surface area contributed by atoms with Crippen LogP contribution in [0.3, 0.4) is 0 Å². The number of methoxy groups -OCH3 is 4. The summed E-state index contributed by atoms with van der Waals surface area (Å²) in [5.41, 5.74) is 3.29. The molecule has 1 heterocycles. The van der Waals surface area contributed by atoms with E-state index in [9.17, 15) is 4.79 Å². The van der Waals surface area contributed by atoms with Crippen molar-refractivity contribution in [1.82, 2.24) is 0 Å². The minimum atomic E-state index is -0.163. The van der Waals surface area contributed by atoms with Gasteiger partial charge in [0.2, 0.25) is 5.75 Å². The molecule has 0 atom stereocenters. The van der Waals surface area contributed by atoms with E-state index in [1.54, 1.807) is 26.2 Å². The topological polar surface area (TPSA) is 66.5 Å². The van der Waals surface area contributed by atoms with E-state index in [2.05, 4.69) is 0 Å². The molecular weight excluding hydrogens is 506 g/mol. The Balaban J connectivity index is 1.55. The molecule has 202 valence electrons. The van der Waals surface area contributed by atoms with Crippen LogP contribution in [0.15, 0.2) is 78.9 Å². The number of anilines is 1. The fourth-order valence-electron chi connectivity index (χ4n) is 5.43. The molecular formula is C33H29NO6. The molecule has 0 aliphatic carbocycles. The van der Waals surface area contributed by atoms with Crippen LogP contribution in [-0.2, 0) is 13.2 Å². The Bertz CT molecular complexity index is 1730. The van der Waals surface area contributed by atoms with Crippen molar-refractivity contribution in [3.63, 3.8) is 0 Å². The molecule has 0 N–H and O–H groups in total. The number of benzene rings is 5. The van der Waals surface area contributed by atoms with E-state index in [0.717, 1.165) is 44.1 Å². The third-order valence-electron chi connectivity index (χ3n) is 7.32. The quantitative estimate of drug-likeness (QED) is 0.194. The molecule has 6 rings (SSSR count). The van der Waals surface area contributed by atoms with Gasteiger partial charge in [0, 0.05) is 10.8 Å². The summed E-state index contributed by atoms with van der Waals surface area (Å²) < 4.78 is 28.9. The van der Waals surface area contributed by atoms with Gasteiger partial charge < -0.3 is 28.6 Å². The number of carbonyl (C=O) groups is 1. The Morgan fingerprint density at radius 2 is 1.35 bits per heavy atom. The number of hydrogen-bond acceptors (Lipinski definition) is 6. The van der Waals surface area contributed by atoms with Crippen LogP contribution in [0.1, 0.15) is 21.5 Å². The van der Waals surface area contributed by atoms with Crippen LogP contribution in [0.5, 0.6) is 28.7 Å². The maximum Gasteiger partial charge on any atom is 0.263 e. The summed E-state index contributed by atoms with van der Waals surface area (Å²) in [7, 11) is 6.31. The zero-order valence-corrected chi connectivity index (χ0v) is 22.8. The number of nitrogens with zero attached hydrogens (tertiary/aromatic N) is 1. The second-order valence-electron chi connectivity index (χ2n) is 9.52. The second-order valence-corrected chi connectivity index (χ2v) is 9.52. The first-order chi connectivity index (χ1) is 19.6. The van der Waals surface area contributed by atoms with Crippen LogP contribution in [0.25, 0.3) is 21.5 Å². The molecule has 7 nitrogen and oxygen atoms in total. The highest BCUT2D eigenvalue weighted by atomic mass is 16.5. The van der Waals surface area contributed by atoms with Crippen molar-refractivity contribution in [2.75, 3.05) is 33.3 Å². The largest absolute Gasteiger partial charge is 0.497 e. The van der Waals surface area contributed by atoms with Gasteiger partial charge in [0.05, 0.1) is 46.2 Å². The molecule has 5 aromatic rings. The van der Waals surface area contributed by atoms with Crippen LogP contribution >= 0.6 is 0 Å². The zero-order valence-electron chi connectivity index (χ0n) is 22.8. The predicted octanol–water partition coefficient (Wildman–Crippen LogP) is 6.77. The summed E-state index contributed by atoms with van der Waals surface area (Å²) in [6.45, 7) is 0.820. The van der Waals surface area contributed by atoms with Gasteiger partial charge in [-0.25, -0.2) is 0 Å². The highest BCUT2D eigenvalue weighted by Gasteiger charge is 2.38. The molecule has 40 heavy (non-hydrogen) atoms. The Kier molecular flexibility index (Phi) is 6.56. The molecule has 0 aromatic heterocycles. The van der Waals surface area contributed by atoms with Crippen LogP contribution in [0.4, 0.5) is 5.69 Å². The van der Waals surface area contributed by atoms with Crippen molar-refractivity contribution in [3.05, 3.63) is 95.6 Å². The molecule has 1 aliphatic rings. The molecule has 0 unspecified atom stereocenters. The van der Waals surface area contributed by atoms with Gasteiger partial charge in [-0.1, -0.05) is 48.5 Å². The van der Waals surface area contributed by atoms with Gasteiger partial charge in [0.25, 0.3) is 5.91 Å². The normalized spacial score (nSPS) is 12.2. The predicted molar refractivity (Wildman–Crippen MR) is 155 cm³/mol. The summed E-state index contributed by atoms with van der Waals surface area (Å²) in [6, 6.07) is 25.7. The van der Waals surface area contributed by atoms with Crippen molar-refractivity contribution in [2.45, 2.75) is 13.2 Å². The number of rotatable bonds is 9. The van der Waals surface area contributed by atoms with E-state index in [4.69, 9.17) is 23.7 Å². The zero-order chi connectivity index (χ0) is 27.8. The molecule has 0 bridgehead atoms. The van der Waals surface area contributed by atoms with E-state index in [0.29, 0.717) is 41.7 Å². The fraction of sp³-hybridized carbons (Fsp3) is 0.182. The van der Waals surface area contributed by atoms with Gasteiger partial charge in [-0.3, -0.25) is 4.79 Å². The summed E-state index contributed by atoms with van der Waals surface area (Å²) in [4.78, 5) is 15.8. The maximum atomic E-state index is 14.1. The van der Waals surface area contributed by atoms with Gasteiger partial charge >= 0.3 is 0 Å². The van der Waals surface area contributed by atoms with E-state index in [1.165, 1.54) is 7.11 Å². The first-order valence-corrected chi connectivity index (χ1v) is 12.9. The molecule has 1 aliphatic heterocycles. The minimum absolute atomic E-state index is 0.163. The van der Waals surface area contributed by atoms with E-state index in [-0.39, 0.29) is 5.91 Å². The molecule has 7 heteroatoms. The Morgan fingerprint density at radius 3 is 2.02 bits per heavy atom. The standard InChI is InChI=1S/C33H29NO6/c1-36-23-13-10-20(11-14-23)18-34-26-16-22-12-15-24(40-19-21-8-6-5-7-9-21)17-25(22)27-28(26)29(33(34)35)31(38-3)32(39-4)30(27)37-2/h5-17H,18-19H2,1-4H3. The van der Waals surface area contributed by atoms with E-state index >= 15 is 0 Å². The highest BCUT2D eigenvalue weighted by molar-refractivity contribution is 6.32. The van der Waals surface area contributed by atoms with Crippen molar-refractivity contribution < 1.29 is 28.5 Å². The van der Waals surface area contributed by atoms with Crippen molar-refractivity contribution in [3.8, 4) is 28.7 Å². The minimum Gasteiger partial charge on any atom is -0.497 e. The smallest absolute Gasteiger partial charge is 0.263 e. The lowest BCUT2D eigenvalue weighted by molar-refractivity contribution is 0.0988. The average molecular weight is 536 g/mol. The lowest BCUT2D eigenvalue weighted by Gasteiger charge is -2.19. The van der Waals surface area contributed by atoms with Crippen LogP contribution in [-0.4, -0.2) is 34.3 Å². The third-order valence-corrected chi connectivity index (χ3v) is 7.32. The average Bonchev–Trinajstić information content (AvgIpc) is 3.27. The first-order valence-electron chi connectivity index (χ1n) is 12.9. The monoisotopic (exact) mass is 535 g/mol. The van der Waals surface area contributed by atoms with Crippen LogP contribution in [0.2, 0.25) is 0 Å². The van der Waals surface area contributed by atoms with Gasteiger partial charge in [0.1, 0.15) is 18.1 Å². The molecule has 0 saturated carbocycles. The Hall–Kier alpha value is -4.91. The van der Waals surface area contributed by atoms with Crippen molar-refractivity contribution in [2.24, 2.45) is 0 Å². The number of hydrogen-bond donors (Lipinski definition) is 0. The first kappa shape index (κ1) is 25.4. The number of ether oxygens (including phenoxy) is 5. The van der Waals surface area contributed by atoms with E-state index < -0.39 is 0 Å². The molecule has 0 saturated heterocycles. The Labute approximate surface area is 232 Å².